The van der Waals surface area contributed by atoms with Crippen molar-refractivity contribution in [1.82, 2.24) is 10.3 Å². The molecule has 0 aliphatic carbocycles. The smallest absolute Gasteiger partial charge is 0.251 e. The number of aliphatic hydroxyl groups is 1. The van der Waals surface area contributed by atoms with Gasteiger partial charge in [0.1, 0.15) is 0 Å². The maximum atomic E-state index is 11.5. The first-order chi connectivity index (χ1) is 7.63. The van der Waals surface area contributed by atoms with Crippen LogP contribution in [0.5, 0.6) is 0 Å². The number of carbonyl (C=O) groups is 1. The van der Waals surface area contributed by atoms with Crippen LogP contribution in [0.25, 0.3) is 0 Å². The lowest BCUT2D eigenvalue weighted by atomic mass is 10.2. The minimum atomic E-state index is -0.532. The Balaban J connectivity index is 2.50. The van der Waals surface area contributed by atoms with Crippen LogP contribution in [0.2, 0.25) is 0 Å². The summed E-state index contributed by atoms with van der Waals surface area (Å²) in [4.78, 5) is 24.9. The Morgan fingerprint density at radius 1 is 1.62 bits per heavy atom. The van der Waals surface area contributed by atoms with Crippen LogP contribution < -0.4 is 10.9 Å². The molecule has 1 amide bonds. The Morgan fingerprint density at radius 2 is 2.38 bits per heavy atom. The largest absolute Gasteiger partial charge is 0.391 e. The van der Waals surface area contributed by atoms with Gasteiger partial charge in [0.15, 0.2) is 0 Å². The molecule has 0 saturated carbocycles. The quantitative estimate of drug-likeness (QED) is 0.671. The molecule has 1 rings (SSSR count). The molecule has 1 atom stereocenters. The molecule has 1 heterocycles. The zero-order valence-electron chi connectivity index (χ0n) is 9.19. The van der Waals surface area contributed by atoms with Gasteiger partial charge in [-0.15, -0.1) is 0 Å². The normalized spacial score (nSPS) is 12.1. The molecule has 0 radical (unpaired) electrons. The zero-order valence-corrected chi connectivity index (χ0v) is 9.19. The van der Waals surface area contributed by atoms with Gasteiger partial charge < -0.3 is 15.4 Å². The van der Waals surface area contributed by atoms with Gasteiger partial charge >= 0.3 is 0 Å². The summed E-state index contributed by atoms with van der Waals surface area (Å²) in [6.07, 6.45) is 2.40. The lowest BCUT2D eigenvalue weighted by Crippen LogP contribution is -2.32. The van der Waals surface area contributed by atoms with Crippen LogP contribution in [0.3, 0.4) is 0 Å². The Bertz CT molecular complexity index is 400. The summed E-state index contributed by atoms with van der Waals surface area (Å²) in [7, 11) is 0. The minimum Gasteiger partial charge on any atom is -0.391 e. The summed E-state index contributed by atoms with van der Waals surface area (Å²) in [6, 6.07) is 2.74. The second-order valence-corrected chi connectivity index (χ2v) is 3.59. The standard InChI is InChI=1S/C11H16N2O3/c1-2-3-9(14)7-13-11(16)8-4-5-12-10(15)6-8/h4-6,9,14H,2-3,7H2,1H3,(H,12,15)(H,13,16). The monoisotopic (exact) mass is 224 g/mol. The van der Waals surface area contributed by atoms with Crippen molar-refractivity contribution < 1.29 is 9.90 Å². The molecule has 0 aliphatic heterocycles. The highest BCUT2D eigenvalue weighted by Crippen LogP contribution is 1.96. The van der Waals surface area contributed by atoms with E-state index in [-0.39, 0.29) is 18.0 Å². The number of amides is 1. The number of aliphatic hydroxyl groups excluding tert-OH is 1. The van der Waals surface area contributed by atoms with Crippen LogP contribution in [0, 0.1) is 0 Å². The maximum absolute atomic E-state index is 11.5. The number of nitrogens with one attached hydrogen (secondary N) is 2. The van der Waals surface area contributed by atoms with Gasteiger partial charge in [0, 0.05) is 24.4 Å². The number of carbonyl (C=O) groups excluding carboxylic acids is 1. The van der Waals surface area contributed by atoms with Crippen molar-refractivity contribution in [3.05, 3.63) is 34.2 Å². The molecule has 0 fully saturated rings. The fourth-order valence-corrected chi connectivity index (χ4v) is 1.33. The number of hydrogen-bond donors (Lipinski definition) is 3. The predicted molar refractivity (Wildman–Crippen MR) is 60.3 cm³/mol. The fourth-order valence-electron chi connectivity index (χ4n) is 1.33. The average molecular weight is 224 g/mol. The first kappa shape index (κ1) is 12.4. The summed E-state index contributed by atoms with van der Waals surface area (Å²) < 4.78 is 0. The van der Waals surface area contributed by atoms with Crippen LogP contribution in [0.15, 0.2) is 23.1 Å². The van der Waals surface area contributed by atoms with E-state index in [0.717, 1.165) is 6.42 Å². The molecule has 88 valence electrons. The van der Waals surface area contributed by atoms with Crippen molar-refractivity contribution in [2.45, 2.75) is 25.9 Å². The second-order valence-electron chi connectivity index (χ2n) is 3.59. The number of aromatic amines is 1. The van der Waals surface area contributed by atoms with E-state index < -0.39 is 6.10 Å². The van der Waals surface area contributed by atoms with Gasteiger partial charge in [0.2, 0.25) is 5.56 Å². The third-order valence-electron chi connectivity index (χ3n) is 2.16. The topological polar surface area (TPSA) is 82.2 Å². The number of aromatic nitrogens is 1. The van der Waals surface area contributed by atoms with E-state index in [4.69, 9.17) is 0 Å². The van der Waals surface area contributed by atoms with Crippen LogP contribution in [-0.4, -0.2) is 28.6 Å². The third kappa shape index (κ3) is 3.86. The van der Waals surface area contributed by atoms with Crippen LogP contribution in [0.1, 0.15) is 30.1 Å². The van der Waals surface area contributed by atoms with E-state index in [2.05, 4.69) is 10.3 Å². The number of H-pyrrole nitrogens is 1. The second kappa shape index (κ2) is 6.07. The van der Waals surface area contributed by atoms with Crippen LogP contribution in [0.4, 0.5) is 0 Å². The van der Waals surface area contributed by atoms with Crippen molar-refractivity contribution >= 4 is 5.91 Å². The van der Waals surface area contributed by atoms with Gasteiger partial charge in [0.05, 0.1) is 6.10 Å². The molecule has 5 nitrogen and oxygen atoms in total. The van der Waals surface area contributed by atoms with E-state index in [1.807, 2.05) is 6.92 Å². The lowest BCUT2D eigenvalue weighted by molar-refractivity contribution is 0.0910. The van der Waals surface area contributed by atoms with E-state index in [9.17, 15) is 14.7 Å². The molecule has 0 aliphatic rings. The number of pyridine rings is 1. The number of rotatable bonds is 5. The highest BCUT2D eigenvalue weighted by molar-refractivity contribution is 5.93. The van der Waals surface area contributed by atoms with Gasteiger partial charge in [-0.3, -0.25) is 9.59 Å². The molecule has 0 aromatic carbocycles. The SMILES string of the molecule is CCCC(O)CNC(=O)c1cc[nH]c(=O)c1. The minimum absolute atomic E-state index is 0.208. The Hall–Kier alpha value is -1.62. The molecule has 3 N–H and O–H groups in total. The molecular weight excluding hydrogens is 208 g/mol. The zero-order chi connectivity index (χ0) is 12.0. The lowest BCUT2D eigenvalue weighted by Gasteiger charge is -2.10. The van der Waals surface area contributed by atoms with Gasteiger partial charge in [-0.25, -0.2) is 0 Å². The van der Waals surface area contributed by atoms with E-state index in [0.29, 0.717) is 12.0 Å². The highest BCUT2D eigenvalue weighted by Gasteiger charge is 2.08. The molecule has 0 bridgehead atoms. The first-order valence-corrected chi connectivity index (χ1v) is 5.28. The molecule has 1 unspecified atom stereocenters. The molecule has 0 spiro atoms. The Kier molecular flexibility index (Phi) is 4.72. The van der Waals surface area contributed by atoms with Crippen molar-refractivity contribution in [2.75, 3.05) is 6.54 Å². The van der Waals surface area contributed by atoms with Crippen LogP contribution in [-0.2, 0) is 0 Å². The number of hydrogen-bond acceptors (Lipinski definition) is 3. The van der Waals surface area contributed by atoms with Crippen molar-refractivity contribution in [2.24, 2.45) is 0 Å². The van der Waals surface area contributed by atoms with Gasteiger partial charge in [-0.2, -0.15) is 0 Å². The molecular formula is C11H16N2O3. The Labute approximate surface area is 93.5 Å². The molecule has 0 saturated heterocycles. The highest BCUT2D eigenvalue weighted by atomic mass is 16.3. The van der Waals surface area contributed by atoms with Gasteiger partial charge in [-0.05, 0) is 12.5 Å². The summed E-state index contributed by atoms with van der Waals surface area (Å²) in [6.45, 7) is 2.17. The Morgan fingerprint density at radius 3 is 3.00 bits per heavy atom. The molecule has 1 aromatic rings. The summed E-state index contributed by atoms with van der Waals surface area (Å²) >= 11 is 0. The van der Waals surface area contributed by atoms with E-state index in [1.165, 1.54) is 18.3 Å². The molecule has 1 aromatic heterocycles. The summed E-state index contributed by atoms with van der Waals surface area (Å²) in [5.41, 5.74) is -0.0193. The average Bonchev–Trinajstić information content (AvgIpc) is 2.26. The third-order valence-corrected chi connectivity index (χ3v) is 2.16. The molecule has 16 heavy (non-hydrogen) atoms. The van der Waals surface area contributed by atoms with Crippen molar-refractivity contribution in [1.29, 1.82) is 0 Å². The maximum Gasteiger partial charge on any atom is 0.251 e. The predicted octanol–water partition coefficient (Wildman–Crippen LogP) is 0.266. The van der Waals surface area contributed by atoms with Crippen molar-refractivity contribution in [3.8, 4) is 0 Å². The van der Waals surface area contributed by atoms with Gasteiger partial charge in [-0.1, -0.05) is 13.3 Å². The molecule has 5 heteroatoms. The van der Waals surface area contributed by atoms with Gasteiger partial charge in [0.25, 0.3) is 5.91 Å². The van der Waals surface area contributed by atoms with Crippen molar-refractivity contribution in [3.63, 3.8) is 0 Å². The fraction of sp³-hybridized carbons (Fsp3) is 0.455. The first-order valence-electron chi connectivity index (χ1n) is 5.28. The summed E-state index contributed by atoms with van der Waals surface area (Å²) in [5, 5.41) is 12.0. The van der Waals surface area contributed by atoms with Crippen LogP contribution >= 0.6 is 0 Å². The summed E-state index contributed by atoms with van der Waals surface area (Å²) in [5.74, 6) is -0.346. The van der Waals surface area contributed by atoms with E-state index >= 15 is 0 Å². The van der Waals surface area contributed by atoms with E-state index in [1.54, 1.807) is 0 Å².